The number of benzene rings is 3. The van der Waals surface area contributed by atoms with Gasteiger partial charge in [0.1, 0.15) is 28.5 Å². The van der Waals surface area contributed by atoms with Gasteiger partial charge in [0.15, 0.2) is 0 Å². The predicted octanol–water partition coefficient (Wildman–Crippen LogP) is 5.27. The predicted molar refractivity (Wildman–Crippen MR) is 161 cm³/mol. The zero-order chi connectivity index (χ0) is 31.1. The number of nitrogens with zero attached hydrogens (tertiary/aromatic N) is 2. The molecule has 0 bridgehead atoms. The fourth-order valence-electron chi connectivity index (χ4n) is 4.18. The van der Waals surface area contributed by atoms with Crippen molar-refractivity contribution in [3.63, 3.8) is 0 Å². The van der Waals surface area contributed by atoms with E-state index < -0.39 is 22.4 Å². The van der Waals surface area contributed by atoms with Gasteiger partial charge in [-0.1, -0.05) is 28.9 Å². The Labute approximate surface area is 250 Å². The van der Waals surface area contributed by atoms with Crippen LogP contribution in [-0.2, 0) is 4.79 Å². The summed E-state index contributed by atoms with van der Waals surface area (Å²) in [4.78, 5) is 48.1. The molecule has 4 rings (SSSR count). The van der Waals surface area contributed by atoms with Crippen LogP contribution in [0, 0.1) is 17.0 Å². The summed E-state index contributed by atoms with van der Waals surface area (Å²) in [5.41, 5.74) is 1.71. The third-order valence-corrected chi connectivity index (χ3v) is 6.49. The summed E-state index contributed by atoms with van der Waals surface area (Å²) in [6, 6.07) is 15.6. The van der Waals surface area contributed by atoms with Crippen LogP contribution in [0.5, 0.6) is 5.75 Å². The summed E-state index contributed by atoms with van der Waals surface area (Å²) in [6.45, 7) is 3.32. The highest BCUT2D eigenvalue weighted by Gasteiger charge is 2.24. The summed E-state index contributed by atoms with van der Waals surface area (Å²) < 4.78 is 10.7. The van der Waals surface area contributed by atoms with Crippen LogP contribution in [0.1, 0.15) is 33.4 Å². The van der Waals surface area contributed by atoms with Crippen molar-refractivity contribution in [3.05, 3.63) is 92.7 Å². The van der Waals surface area contributed by atoms with Crippen molar-refractivity contribution in [3.8, 4) is 17.0 Å². The number of hydrogen-bond donors (Lipinski definition) is 4. The zero-order valence-electron chi connectivity index (χ0n) is 23.3. The lowest BCUT2D eigenvalue weighted by molar-refractivity contribution is -0.383. The molecule has 0 saturated heterocycles. The standard InChI is InChI=1S/C29H27ClN6O7/c1-16-26(27(35-43-16)20-6-4-5-7-25(20)42-3)29(39)32-13-12-31-22-15-23(24(36(40)41)14-21(22)30)34-28(38)18-8-10-19(11-9-18)33-17(2)37/h4-11,14-15,31H,12-13H2,1-3H3,(H,32,39)(H,33,37)(H,34,38). The number of carbonyl (C=O) groups excluding carboxylic acids is 3. The van der Waals surface area contributed by atoms with Crippen molar-refractivity contribution >= 4 is 52.1 Å². The molecule has 14 heteroatoms. The molecule has 222 valence electrons. The van der Waals surface area contributed by atoms with Gasteiger partial charge in [-0.15, -0.1) is 0 Å². The first-order chi connectivity index (χ1) is 20.6. The lowest BCUT2D eigenvalue weighted by atomic mass is 10.0. The van der Waals surface area contributed by atoms with E-state index >= 15 is 0 Å². The van der Waals surface area contributed by atoms with E-state index in [1.165, 1.54) is 44.4 Å². The van der Waals surface area contributed by atoms with Gasteiger partial charge in [-0.2, -0.15) is 0 Å². The number of nitro groups is 1. The first-order valence-corrected chi connectivity index (χ1v) is 13.3. The highest BCUT2D eigenvalue weighted by Crippen LogP contribution is 2.35. The molecule has 43 heavy (non-hydrogen) atoms. The van der Waals surface area contributed by atoms with Crippen LogP contribution in [0.3, 0.4) is 0 Å². The number of amides is 3. The summed E-state index contributed by atoms with van der Waals surface area (Å²) in [7, 11) is 1.52. The molecule has 13 nitrogen and oxygen atoms in total. The SMILES string of the molecule is COc1ccccc1-c1noc(C)c1C(=O)NCCNc1cc(NC(=O)c2ccc(NC(C)=O)cc2)c([N+](=O)[O-])cc1Cl. The topological polar surface area (TPSA) is 178 Å². The van der Waals surface area contributed by atoms with Gasteiger partial charge in [0.05, 0.1) is 22.7 Å². The van der Waals surface area contributed by atoms with E-state index in [-0.39, 0.29) is 40.8 Å². The highest BCUT2D eigenvalue weighted by atomic mass is 35.5. The maximum Gasteiger partial charge on any atom is 0.294 e. The van der Waals surface area contributed by atoms with E-state index in [9.17, 15) is 24.5 Å². The smallest absolute Gasteiger partial charge is 0.294 e. The molecule has 1 heterocycles. The molecule has 0 spiro atoms. The van der Waals surface area contributed by atoms with Crippen molar-refractivity contribution in [1.82, 2.24) is 10.5 Å². The molecule has 0 unspecified atom stereocenters. The molecule has 4 N–H and O–H groups in total. The number of carbonyl (C=O) groups is 3. The van der Waals surface area contributed by atoms with Crippen LogP contribution in [0.4, 0.5) is 22.7 Å². The molecule has 4 aromatic rings. The Morgan fingerprint density at radius 2 is 1.72 bits per heavy atom. The van der Waals surface area contributed by atoms with E-state index in [1.807, 2.05) is 0 Å². The molecule has 1 aromatic heterocycles. The largest absolute Gasteiger partial charge is 0.496 e. The van der Waals surface area contributed by atoms with Gasteiger partial charge in [0.25, 0.3) is 17.5 Å². The van der Waals surface area contributed by atoms with Crippen molar-refractivity contribution in [2.75, 3.05) is 36.1 Å². The number of nitrogens with one attached hydrogen (secondary N) is 4. The number of nitro benzene ring substituents is 1. The van der Waals surface area contributed by atoms with Gasteiger partial charge in [0, 0.05) is 42.9 Å². The molecule has 0 aliphatic carbocycles. The molecular formula is C29H27ClN6O7. The van der Waals surface area contributed by atoms with Gasteiger partial charge in [0.2, 0.25) is 5.91 Å². The average Bonchev–Trinajstić information content (AvgIpc) is 3.37. The monoisotopic (exact) mass is 606 g/mol. The van der Waals surface area contributed by atoms with E-state index in [0.29, 0.717) is 34.1 Å². The fourth-order valence-corrected chi connectivity index (χ4v) is 4.40. The molecule has 0 aliphatic heterocycles. The molecule has 0 aliphatic rings. The summed E-state index contributed by atoms with van der Waals surface area (Å²) >= 11 is 6.28. The Balaban J connectivity index is 1.43. The van der Waals surface area contributed by atoms with Crippen LogP contribution >= 0.6 is 11.6 Å². The number of aryl methyl sites for hydroxylation is 1. The second-order valence-corrected chi connectivity index (χ2v) is 9.57. The normalized spacial score (nSPS) is 10.5. The Morgan fingerprint density at radius 3 is 2.40 bits per heavy atom. The minimum absolute atomic E-state index is 0.0454. The number of halogens is 1. The molecule has 3 amide bonds. The van der Waals surface area contributed by atoms with Crippen molar-refractivity contribution in [1.29, 1.82) is 0 Å². The lowest BCUT2D eigenvalue weighted by Crippen LogP contribution is -2.29. The van der Waals surface area contributed by atoms with Gasteiger partial charge in [-0.05, 0) is 49.4 Å². The maximum atomic E-state index is 13.1. The second-order valence-electron chi connectivity index (χ2n) is 9.16. The van der Waals surface area contributed by atoms with E-state index in [2.05, 4.69) is 26.4 Å². The number of aromatic nitrogens is 1. The molecule has 3 aromatic carbocycles. The molecule has 0 radical (unpaired) electrons. The van der Waals surface area contributed by atoms with Crippen LogP contribution in [-0.4, -0.2) is 48.0 Å². The van der Waals surface area contributed by atoms with Crippen molar-refractivity contribution in [2.24, 2.45) is 0 Å². The van der Waals surface area contributed by atoms with Gasteiger partial charge in [-0.25, -0.2) is 0 Å². The zero-order valence-corrected chi connectivity index (χ0v) is 24.1. The fraction of sp³-hybridized carbons (Fsp3) is 0.172. The average molecular weight is 607 g/mol. The van der Waals surface area contributed by atoms with Crippen LogP contribution in [0.25, 0.3) is 11.3 Å². The van der Waals surface area contributed by atoms with Crippen molar-refractivity contribution in [2.45, 2.75) is 13.8 Å². The Kier molecular flexibility index (Phi) is 9.58. The first-order valence-electron chi connectivity index (χ1n) is 12.9. The third-order valence-electron chi connectivity index (χ3n) is 6.18. The lowest BCUT2D eigenvalue weighted by Gasteiger charge is -2.13. The third kappa shape index (κ3) is 7.26. The van der Waals surface area contributed by atoms with Crippen LogP contribution < -0.4 is 26.0 Å². The van der Waals surface area contributed by atoms with Crippen LogP contribution in [0.2, 0.25) is 5.02 Å². The minimum Gasteiger partial charge on any atom is -0.496 e. The molecule has 0 fully saturated rings. The highest BCUT2D eigenvalue weighted by molar-refractivity contribution is 6.33. The second kappa shape index (κ2) is 13.5. The Bertz CT molecular complexity index is 1690. The van der Waals surface area contributed by atoms with Gasteiger partial charge < -0.3 is 30.5 Å². The molecule has 0 saturated carbocycles. The van der Waals surface area contributed by atoms with Crippen molar-refractivity contribution < 1.29 is 28.6 Å². The minimum atomic E-state index is -0.661. The summed E-state index contributed by atoms with van der Waals surface area (Å²) in [5, 5.41) is 26.7. The number of para-hydroxylation sites is 1. The number of rotatable bonds is 11. The van der Waals surface area contributed by atoms with Crippen LogP contribution in [0.15, 0.2) is 65.2 Å². The van der Waals surface area contributed by atoms with E-state index in [4.69, 9.17) is 20.9 Å². The number of ether oxygens (including phenoxy) is 1. The van der Waals surface area contributed by atoms with E-state index in [0.717, 1.165) is 6.07 Å². The van der Waals surface area contributed by atoms with Gasteiger partial charge in [-0.3, -0.25) is 24.5 Å². The Morgan fingerprint density at radius 1 is 1.00 bits per heavy atom. The van der Waals surface area contributed by atoms with Gasteiger partial charge >= 0.3 is 0 Å². The number of methoxy groups -OCH3 is 1. The van der Waals surface area contributed by atoms with E-state index in [1.54, 1.807) is 31.2 Å². The number of anilines is 3. The summed E-state index contributed by atoms with van der Waals surface area (Å²) in [5.74, 6) is -0.430. The maximum absolute atomic E-state index is 13.1. The summed E-state index contributed by atoms with van der Waals surface area (Å²) in [6.07, 6.45) is 0. The quantitative estimate of drug-likeness (QED) is 0.100. The first kappa shape index (κ1) is 30.5. The Hall–Kier alpha value is -5.43. The molecule has 0 atom stereocenters. The number of hydrogen-bond acceptors (Lipinski definition) is 9. The molecular weight excluding hydrogens is 580 g/mol.